The summed E-state index contributed by atoms with van der Waals surface area (Å²) in [7, 11) is -3.68. The molecular formula is C20H19N3O3S. The molecular weight excluding hydrogens is 362 g/mol. The lowest BCUT2D eigenvalue weighted by Crippen LogP contribution is -2.11. The van der Waals surface area contributed by atoms with E-state index in [2.05, 4.69) is 14.7 Å². The first-order valence-corrected chi connectivity index (χ1v) is 9.96. The fraction of sp³-hybridized carbons (Fsp3) is 0.100. The molecule has 7 heteroatoms. The number of rotatable bonds is 6. The summed E-state index contributed by atoms with van der Waals surface area (Å²) < 4.78 is 27.1. The second-order valence-corrected chi connectivity index (χ2v) is 7.45. The first kappa shape index (κ1) is 18.6. The van der Waals surface area contributed by atoms with E-state index in [1.165, 1.54) is 12.1 Å². The number of H-pyrrole nitrogens is 1. The number of sulfonamides is 1. The van der Waals surface area contributed by atoms with Crippen LogP contribution in [0.5, 0.6) is 0 Å². The summed E-state index contributed by atoms with van der Waals surface area (Å²) in [6.07, 6.45) is 2.16. The van der Waals surface area contributed by atoms with Crippen molar-refractivity contribution in [2.75, 3.05) is 4.72 Å². The maximum Gasteiger partial charge on any atom is 0.255 e. The molecule has 0 fully saturated rings. The molecule has 0 atom stereocenters. The predicted octanol–water partition coefficient (Wildman–Crippen LogP) is 3.41. The number of hydrogen-bond acceptors (Lipinski definition) is 4. The quantitative estimate of drug-likeness (QED) is 0.684. The van der Waals surface area contributed by atoms with Gasteiger partial charge in [0.05, 0.1) is 5.41 Å². The first-order chi connectivity index (χ1) is 12.9. The van der Waals surface area contributed by atoms with Crippen LogP contribution in [0.2, 0.25) is 0 Å². The van der Waals surface area contributed by atoms with Gasteiger partial charge in [-0.3, -0.25) is 9.52 Å². The molecule has 2 aromatic carbocycles. The van der Waals surface area contributed by atoms with E-state index in [0.29, 0.717) is 29.2 Å². The number of nitrogens with one attached hydrogen (secondary N) is 2. The molecule has 138 valence electrons. The van der Waals surface area contributed by atoms with Crippen LogP contribution >= 0.6 is 0 Å². The SMILES string of the molecule is CCc1cc(=O)[nH]c(-c2cccc(NS(=O)(=O)/C=C\c3ccccc3)c2)n1. The molecule has 0 bridgehead atoms. The molecule has 3 aromatic rings. The average molecular weight is 381 g/mol. The lowest BCUT2D eigenvalue weighted by Gasteiger charge is -2.07. The van der Waals surface area contributed by atoms with Crippen molar-refractivity contribution in [3.8, 4) is 11.4 Å². The van der Waals surface area contributed by atoms with Gasteiger partial charge in [-0.15, -0.1) is 0 Å². The maximum absolute atomic E-state index is 12.3. The van der Waals surface area contributed by atoms with E-state index in [1.54, 1.807) is 24.3 Å². The van der Waals surface area contributed by atoms with E-state index in [0.717, 1.165) is 11.0 Å². The van der Waals surface area contributed by atoms with Gasteiger partial charge in [0.2, 0.25) is 0 Å². The van der Waals surface area contributed by atoms with Gasteiger partial charge in [0, 0.05) is 23.0 Å². The van der Waals surface area contributed by atoms with Crippen LogP contribution in [-0.4, -0.2) is 18.4 Å². The molecule has 27 heavy (non-hydrogen) atoms. The lowest BCUT2D eigenvalue weighted by molar-refractivity contribution is 0.609. The Morgan fingerprint density at radius 3 is 2.59 bits per heavy atom. The highest BCUT2D eigenvalue weighted by Gasteiger charge is 2.08. The van der Waals surface area contributed by atoms with E-state index >= 15 is 0 Å². The number of aryl methyl sites for hydroxylation is 1. The normalized spacial score (nSPS) is 11.6. The molecule has 1 aromatic heterocycles. The van der Waals surface area contributed by atoms with Gasteiger partial charge in [0.25, 0.3) is 15.6 Å². The van der Waals surface area contributed by atoms with Crippen LogP contribution in [-0.2, 0) is 16.4 Å². The molecule has 0 spiro atoms. The Hall–Kier alpha value is -3.19. The van der Waals surface area contributed by atoms with Gasteiger partial charge >= 0.3 is 0 Å². The Kier molecular flexibility index (Phi) is 5.52. The van der Waals surface area contributed by atoms with Gasteiger partial charge in [-0.1, -0.05) is 49.4 Å². The summed E-state index contributed by atoms with van der Waals surface area (Å²) in [5.74, 6) is 0.403. The average Bonchev–Trinajstić information content (AvgIpc) is 2.66. The molecule has 6 nitrogen and oxygen atoms in total. The van der Waals surface area contributed by atoms with Gasteiger partial charge in [-0.05, 0) is 30.2 Å². The zero-order valence-corrected chi connectivity index (χ0v) is 15.5. The highest BCUT2D eigenvalue weighted by molar-refractivity contribution is 7.95. The molecule has 2 N–H and O–H groups in total. The van der Waals surface area contributed by atoms with Crippen LogP contribution in [0.1, 0.15) is 18.2 Å². The maximum atomic E-state index is 12.3. The molecule has 0 saturated carbocycles. The van der Waals surface area contributed by atoms with Crippen LogP contribution < -0.4 is 10.3 Å². The third-order valence-electron chi connectivity index (χ3n) is 3.79. The van der Waals surface area contributed by atoms with Gasteiger partial charge < -0.3 is 4.98 Å². The number of anilines is 1. The number of nitrogens with zero attached hydrogens (tertiary/aromatic N) is 1. The minimum absolute atomic E-state index is 0.242. The Labute approximate surface area is 157 Å². The molecule has 0 aliphatic carbocycles. The van der Waals surface area contributed by atoms with E-state index < -0.39 is 10.0 Å². The Bertz CT molecular complexity index is 1120. The van der Waals surface area contributed by atoms with E-state index in [4.69, 9.17) is 0 Å². The number of hydrogen-bond donors (Lipinski definition) is 2. The zero-order chi connectivity index (χ0) is 19.3. The van der Waals surface area contributed by atoms with Crippen molar-refractivity contribution >= 4 is 21.8 Å². The van der Waals surface area contributed by atoms with E-state index in [-0.39, 0.29) is 5.56 Å². The fourth-order valence-corrected chi connectivity index (χ4v) is 3.35. The van der Waals surface area contributed by atoms with Crippen LogP contribution in [0.25, 0.3) is 17.5 Å². The topological polar surface area (TPSA) is 91.9 Å². The lowest BCUT2D eigenvalue weighted by atomic mass is 10.2. The van der Waals surface area contributed by atoms with E-state index in [9.17, 15) is 13.2 Å². The minimum Gasteiger partial charge on any atom is -0.307 e. The second-order valence-electron chi connectivity index (χ2n) is 5.88. The molecule has 3 rings (SSSR count). The van der Waals surface area contributed by atoms with Crippen LogP contribution in [0.4, 0.5) is 5.69 Å². The Balaban J connectivity index is 1.84. The predicted molar refractivity (Wildman–Crippen MR) is 108 cm³/mol. The Morgan fingerprint density at radius 1 is 1.07 bits per heavy atom. The summed E-state index contributed by atoms with van der Waals surface area (Å²) in [5, 5.41) is 1.12. The molecule has 0 amide bonds. The zero-order valence-electron chi connectivity index (χ0n) is 14.7. The number of aromatic amines is 1. The summed E-state index contributed by atoms with van der Waals surface area (Å²) in [5.41, 5.74) is 2.22. The summed E-state index contributed by atoms with van der Waals surface area (Å²) in [6, 6.07) is 17.3. The monoisotopic (exact) mass is 381 g/mol. The van der Waals surface area contributed by atoms with Crippen molar-refractivity contribution in [2.45, 2.75) is 13.3 Å². The van der Waals surface area contributed by atoms with Crippen LogP contribution in [0, 0.1) is 0 Å². The van der Waals surface area contributed by atoms with Gasteiger partial charge in [-0.2, -0.15) is 0 Å². The van der Waals surface area contributed by atoms with Crippen molar-refractivity contribution < 1.29 is 8.42 Å². The van der Waals surface area contributed by atoms with Gasteiger partial charge in [0.15, 0.2) is 0 Å². The first-order valence-electron chi connectivity index (χ1n) is 8.42. The van der Waals surface area contributed by atoms with Crippen LogP contribution in [0.3, 0.4) is 0 Å². The van der Waals surface area contributed by atoms with Gasteiger partial charge in [-0.25, -0.2) is 13.4 Å². The third kappa shape index (κ3) is 5.15. The largest absolute Gasteiger partial charge is 0.307 e. The number of aromatic nitrogens is 2. The van der Waals surface area contributed by atoms with Crippen molar-refractivity contribution in [3.63, 3.8) is 0 Å². The highest BCUT2D eigenvalue weighted by Crippen LogP contribution is 2.20. The molecule has 0 aliphatic heterocycles. The summed E-state index contributed by atoms with van der Waals surface area (Å²) >= 11 is 0. The standard InChI is InChI=1S/C20H19N3O3S/c1-2-17-14-19(24)22-20(21-17)16-9-6-10-18(13-16)23-27(25,26)12-11-15-7-4-3-5-8-15/h3-14,23H,2H2,1H3,(H,21,22,24)/b12-11-. The molecule has 0 unspecified atom stereocenters. The highest BCUT2D eigenvalue weighted by atomic mass is 32.2. The van der Waals surface area contributed by atoms with Crippen molar-refractivity contribution in [3.05, 3.63) is 87.7 Å². The van der Waals surface area contributed by atoms with E-state index in [1.807, 2.05) is 37.3 Å². The fourth-order valence-electron chi connectivity index (χ4n) is 2.49. The molecule has 0 aliphatic rings. The summed E-state index contributed by atoms with van der Waals surface area (Å²) in [4.78, 5) is 18.8. The van der Waals surface area contributed by atoms with Crippen LogP contribution in [0.15, 0.2) is 70.9 Å². The molecule has 0 radical (unpaired) electrons. The molecule has 0 saturated heterocycles. The van der Waals surface area contributed by atoms with Crippen molar-refractivity contribution in [2.24, 2.45) is 0 Å². The Morgan fingerprint density at radius 2 is 1.85 bits per heavy atom. The van der Waals surface area contributed by atoms with Crippen molar-refractivity contribution in [1.82, 2.24) is 9.97 Å². The van der Waals surface area contributed by atoms with Gasteiger partial charge in [0.1, 0.15) is 5.82 Å². The third-order valence-corrected chi connectivity index (χ3v) is 4.81. The second kappa shape index (κ2) is 8.01. The molecule has 1 heterocycles. The smallest absolute Gasteiger partial charge is 0.255 e. The summed E-state index contributed by atoms with van der Waals surface area (Å²) in [6.45, 7) is 1.91. The van der Waals surface area contributed by atoms with Crippen molar-refractivity contribution in [1.29, 1.82) is 0 Å². The minimum atomic E-state index is -3.68. The number of benzene rings is 2.